The summed E-state index contributed by atoms with van der Waals surface area (Å²) < 4.78 is 68.8. The predicted molar refractivity (Wildman–Crippen MR) is 418 cm³/mol. The van der Waals surface area contributed by atoms with Crippen LogP contribution >= 0.6 is 15.6 Å². The van der Waals surface area contributed by atoms with E-state index in [0.29, 0.717) is 25.7 Å². The summed E-state index contributed by atoms with van der Waals surface area (Å²) in [7, 11) is -9.92. The molecule has 6 atom stereocenters. The first-order valence-corrected chi connectivity index (χ1v) is 46.2. The van der Waals surface area contributed by atoms with Gasteiger partial charge in [0.2, 0.25) is 0 Å². The smallest absolute Gasteiger partial charge is 0.462 e. The maximum Gasteiger partial charge on any atom is 0.472 e. The molecule has 19 heteroatoms. The van der Waals surface area contributed by atoms with Gasteiger partial charge >= 0.3 is 39.5 Å². The number of phosphoric acid groups is 2. The van der Waals surface area contributed by atoms with E-state index in [1.807, 2.05) is 0 Å². The second-order valence-electron chi connectivity index (χ2n) is 30.1. The third-order valence-electron chi connectivity index (χ3n) is 19.9. The zero-order valence-corrected chi connectivity index (χ0v) is 68.5. The summed E-state index contributed by atoms with van der Waals surface area (Å²) in [6.07, 6.45) is 68.0. The van der Waals surface area contributed by atoms with Gasteiger partial charge in [0.15, 0.2) is 12.2 Å². The van der Waals surface area contributed by atoms with E-state index in [1.54, 1.807) is 0 Å². The molecule has 0 aromatic rings. The Morgan fingerprint density at radius 2 is 0.471 bits per heavy atom. The minimum atomic E-state index is -4.96. The van der Waals surface area contributed by atoms with Crippen LogP contribution in [0.1, 0.15) is 446 Å². The van der Waals surface area contributed by atoms with Crippen LogP contribution in [-0.2, 0) is 65.4 Å². The summed E-state index contributed by atoms with van der Waals surface area (Å²) in [5, 5.41) is 10.7. The van der Waals surface area contributed by atoms with E-state index in [2.05, 4.69) is 34.6 Å². The van der Waals surface area contributed by atoms with Gasteiger partial charge in [-0.15, -0.1) is 0 Å². The summed E-state index contributed by atoms with van der Waals surface area (Å²) in [5.41, 5.74) is 0. The fourth-order valence-electron chi connectivity index (χ4n) is 12.9. The Morgan fingerprint density at radius 1 is 0.275 bits per heavy atom. The molecule has 17 nitrogen and oxygen atoms in total. The molecule has 0 aliphatic carbocycles. The van der Waals surface area contributed by atoms with E-state index in [0.717, 1.165) is 95.8 Å². The van der Waals surface area contributed by atoms with Crippen LogP contribution < -0.4 is 0 Å². The van der Waals surface area contributed by atoms with Gasteiger partial charge in [-0.1, -0.05) is 394 Å². The number of phosphoric ester groups is 2. The number of aliphatic hydroxyl groups is 1. The molecule has 0 saturated carbocycles. The first kappa shape index (κ1) is 100. The summed E-state index contributed by atoms with van der Waals surface area (Å²) >= 11 is 0. The maximum absolute atomic E-state index is 13.1. The van der Waals surface area contributed by atoms with Gasteiger partial charge in [-0.2, -0.15) is 0 Å². The van der Waals surface area contributed by atoms with Gasteiger partial charge in [-0.3, -0.25) is 37.3 Å². The van der Waals surface area contributed by atoms with E-state index in [1.165, 1.54) is 270 Å². The van der Waals surface area contributed by atoms with E-state index in [-0.39, 0.29) is 25.7 Å². The first-order chi connectivity index (χ1) is 49.6. The van der Waals surface area contributed by atoms with E-state index in [9.17, 15) is 43.2 Å². The number of hydrogen-bond acceptors (Lipinski definition) is 15. The Bertz CT molecular complexity index is 1950. The van der Waals surface area contributed by atoms with Gasteiger partial charge in [0.05, 0.1) is 26.4 Å². The summed E-state index contributed by atoms with van der Waals surface area (Å²) in [4.78, 5) is 73.1. The van der Waals surface area contributed by atoms with Crippen LogP contribution in [0.15, 0.2) is 0 Å². The highest BCUT2D eigenvalue weighted by atomic mass is 31.2. The van der Waals surface area contributed by atoms with Crippen molar-refractivity contribution >= 4 is 39.5 Å². The topological polar surface area (TPSA) is 237 Å². The van der Waals surface area contributed by atoms with E-state index >= 15 is 0 Å². The maximum atomic E-state index is 13.1. The van der Waals surface area contributed by atoms with Crippen LogP contribution in [0.2, 0.25) is 0 Å². The van der Waals surface area contributed by atoms with E-state index < -0.39 is 97.5 Å². The highest BCUT2D eigenvalue weighted by molar-refractivity contribution is 7.47. The fourth-order valence-corrected chi connectivity index (χ4v) is 14.5. The highest BCUT2D eigenvalue weighted by Crippen LogP contribution is 2.45. The molecule has 0 heterocycles. The molecule has 0 amide bonds. The molecule has 3 N–H and O–H groups in total. The summed E-state index contributed by atoms with van der Waals surface area (Å²) in [6, 6.07) is 0. The number of aliphatic hydroxyl groups excluding tert-OH is 1. The summed E-state index contributed by atoms with van der Waals surface area (Å²) in [5.74, 6) is -1.33. The zero-order valence-electron chi connectivity index (χ0n) is 66.8. The van der Waals surface area contributed by atoms with Crippen LogP contribution in [0.4, 0.5) is 0 Å². The molecule has 0 aromatic heterocycles. The van der Waals surface area contributed by atoms with Gasteiger partial charge in [-0.25, -0.2) is 9.13 Å². The monoisotopic (exact) mass is 1490 g/mol. The average molecular weight is 1490 g/mol. The van der Waals surface area contributed by atoms with Gasteiger partial charge in [0.1, 0.15) is 19.3 Å². The van der Waals surface area contributed by atoms with Crippen molar-refractivity contribution in [3.8, 4) is 0 Å². The Labute approximate surface area is 626 Å². The Morgan fingerprint density at radius 3 is 0.696 bits per heavy atom. The normalized spacial score (nSPS) is 14.1. The lowest BCUT2D eigenvalue weighted by atomic mass is 9.99. The number of unbranched alkanes of at least 4 members (excludes halogenated alkanes) is 54. The quantitative estimate of drug-likeness (QED) is 0.0222. The third kappa shape index (κ3) is 74.9. The number of ether oxygens (including phenoxy) is 4. The van der Waals surface area contributed by atoms with Crippen molar-refractivity contribution in [3.05, 3.63) is 0 Å². The molecule has 0 bridgehead atoms. The molecule has 0 spiro atoms. The van der Waals surface area contributed by atoms with Crippen molar-refractivity contribution in [2.45, 2.75) is 464 Å². The van der Waals surface area contributed by atoms with Crippen LogP contribution in [0.5, 0.6) is 0 Å². The first-order valence-electron chi connectivity index (χ1n) is 43.2. The molecule has 0 saturated heterocycles. The van der Waals surface area contributed by atoms with Crippen molar-refractivity contribution in [2.24, 2.45) is 5.92 Å². The Kier molecular flexibility index (Phi) is 74.4. The lowest BCUT2D eigenvalue weighted by Crippen LogP contribution is -2.30. The second-order valence-corrected chi connectivity index (χ2v) is 33.0. The number of rotatable bonds is 83. The van der Waals surface area contributed by atoms with E-state index in [4.69, 9.17) is 37.0 Å². The molecule has 0 aliphatic heterocycles. The summed E-state index contributed by atoms with van der Waals surface area (Å²) in [6.45, 7) is 7.35. The zero-order chi connectivity index (χ0) is 74.8. The van der Waals surface area contributed by atoms with Gasteiger partial charge in [0, 0.05) is 25.7 Å². The molecule has 102 heavy (non-hydrogen) atoms. The van der Waals surface area contributed by atoms with Gasteiger partial charge < -0.3 is 33.8 Å². The standard InChI is InChI=1S/C83H162O17P2/c1-6-10-13-16-19-22-25-28-31-32-33-34-35-36-37-38-41-44-47-54-59-64-69-83(88)99-78(72-93-80(85)66-61-56-51-45-42-39-29-26-23-20-17-14-11-7-2)74-97-101(89,90)95-70-77(84)71-96-102(91,92)98-75-79(73-94-81(86)67-62-57-52-49-48-50-55-60-65-76(5)9-4)100-82(87)68-63-58-53-46-43-40-30-27-24-21-18-15-12-8-3/h76-79,84H,6-75H2,1-5H3,(H,89,90)(H,91,92)/t76?,77-,78-,79-/m1/s1. The van der Waals surface area contributed by atoms with Crippen molar-refractivity contribution < 1.29 is 80.2 Å². The minimum absolute atomic E-state index is 0.108. The van der Waals surface area contributed by atoms with Crippen molar-refractivity contribution in [3.63, 3.8) is 0 Å². The number of hydrogen-bond donors (Lipinski definition) is 3. The lowest BCUT2D eigenvalue weighted by molar-refractivity contribution is -0.161. The van der Waals surface area contributed by atoms with Crippen LogP contribution in [0.3, 0.4) is 0 Å². The molecule has 0 rings (SSSR count). The Hall–Kier alpha value is -1.94. The Balaban J connectivity index is 5.22. The highest BCUT2D eigenvalue weighted by Gasteiger charge is 2.30. The van der Waals surface area contributed by atoms with Gasteiger partial charge in [-0.05, 0) is 31.6 Å². The number of carbonyl (C=O) groups excluding carboxylic acids is 4. The fraction of sp³-hybridized carbons (Fsp3) is 0.952. The van der Waals surface area contributed by atoms with Crippen LogP contribution in [0, 0.1) is 5.92 Å². The number of esters is 4. The molecule has 0 aromatic carbocycles. The van der Waals surface area contributed by atoms with Gasteiger partial charge in [0.25, 0.3) is 0 Å². The lowest BCUT2D eigenvalue weighted by Gasteiger charge is -2.21. The van der Waals surface area contributed by atoms with Crippen molar-refractivity contribution in [2.75, 3.05) is 39.6 Å². The minimum Gasteiger partial charge on any atom is -0.462 e. The van der Waals surface area contributed by atoms with Crippen LogP contribution in [0.25, 0.3) is 0 Å². The molecule has 0 radical (unpaired) electrons. The van der Waals surface area contributed by atoms with Crippen molar-refractivity contribution in [1.29, 1.82) is 0 Å². The molecular weight excluding hydrogens is 1330 g/mol. The van der Waals surface area contributed by atoms with Crippen LogP contribution in [-0.4, -0.2) is 96.7 Å². The second kappa shape index (κ2) is 75.9. The third-order valence-corrected chi connectivity index (χ3v) is 21.8. The molecular formula is C83H162O17P2. The molecule has 0 aliphatic rings. The average Bonchev–Trinajstić information content (AvgIpc) is 0.925. The van der Waals surface area contributed by atoms with Crippen molar-refractivity contribution in [1.82, 2.24) is 0 Å². The molecule has 606 valence electrons. The molecule has 0 fully saturated rings. The predicted octanol–water partition coefficient (Wildman–Crippen LogP) is 25.2. The SMILES string of the molecule is CCCCCCCCCCCCCCCCCCCCCCCCC(=O)O[C@H](COC(=O)CCCCCCCCCCCCCCCC)COP(=O)(O)OC[C@@H](O)COP(=O)(O)OC[C@@H](COC(=O)CCCCCCCCCCC(C)CC)OC(=O)CCCCCCCCCCCCCCCC. The molecule has 3 unspecified atom stereocenters. The largest absolute Gasteiger partial charge is 0.472 e. The number of carbonyl (C=O) groups is 4.